The predicted molar refractivity (Wildman–Crippen MR) is 105 cm³/mol. The first-order chi connectivity index (χ1) is 12.0. The third kappa shape index (κ3) is 4.76. The molecule has 0 fully saturated rings. The topological polar surface area (TPSA) is 60.4 Å². The van der Waals surface area contributed by atoms with Crippen molar-refractivity contribution in [1.29, 1.82) is 0 Å². The second-order valence-corrected chi connectivity index (χ2v) is 10.3. The van der Waals surface area contributed by atoms with Crippen molar-refractivity contribution in [2.45, 2.75) is 26.4 Å². The summed E-state index contributed by atoms with van der Waals surface area (Å²) in [6.45, 7) is 5.10. The van der Waals surface area contributed by atoms with Crippen molar-refractivity contribution in [2.24, 2.45) is 0 Å². The predicted octanol–water partition coefficient (Wildman–Crippen LogP) is 5.16. The number of hydrogen-bond donors (Lipinski definition) is 0. The highest BCUT2D eigenvalue weighted by molar-refractivity contribution is 7.88. The molecule has 1 unspecified atom stereocenters. The van der Waals surface area contributed by atoms with Crippen molar-refractivity contribution < 1.29 is 18.9 Å². The molecular weight excluding hydrogens is 394 g/mol. The Morgan fingerprint density at radius 1 is 0.962 bits per heavy atom. The van der Waals surface area contributed by atoms with Gasteiger partial charge in [-0.25, -0.2) is 0 Å². The smallest absolute Gasteiger partial charge is 0.314 e. The zero-order valence-electron chi connectivity index (χ0n) is 14.7. The van der Waals surface area contributed by atoms with Gasteiger partial charge in [-0.05, 0) is 32.9 Å². The summed E-state index contributed by atoms with van der Waals surface area (Å²) in [4.78, 5) is 25.5. The molecule has 0 amide bonds. The molecule has 4 nitrogen and oxygen atoms in total. The molecule has 0 heterocycles. The van der Waals surface area contributed by atoms with Crippen LogP contribution in [0.25, 0.3) is 0 Å². The molecule has 0 aliphatic heterocycles. The molecular formula is C19H19Cl2O4P. The third-order valence-electron chi connectivity index (χ3n) is 3.45. The fraction of sp³-hybridized carbons (Fsp3) is 0.263. The van der Waals surface area contributed by atoms with Crippen LogP contribution in [0.1, 0.15) is 31.1 Å². The lowest BCUT2D eigenvalue weighted by Crippen LogP contribution is -2.28. The molecule has 0 saturated carbocycles. The third-order valence-corrected chi connectivity index (χ3v) is 6.80. The first-order valence-electron chi connectivity index (χ1n) is 7.90. The van der Waals surface area contributed by atoms with Crippen LogP contribution in [0.3, 0.4) is 0 Å². The van der Waals surface area contributed by atoms with Crippen molar-refractivity contribution in [3.05, 3.63) is 64.1 Å². The molecule has 0 bridgehead atoms. The molecule has 0 spiro atoms. The van der Waals surface area contributed by atoms with Gasteiger partial charge in [-0.2, -0.15) is 0 Å². The number of carbonyl (C=O) groups excluding carboxylic acids is 2. The first-order valence-corrected chi connectivity index (χ1v) is 10.5. The van der Waals surface area contributed by atoms with Gasteiger partial charge in [0.2, 0.25) is 5.52 Å². The Bertz CT molecular complexity index is 853. The minimum Gasteiger partial charge on any atom is -0.460 e. The Labute approximate surface area is 162 Å². The van der Waals surface area contributed by atoms with Crippen molar-refractivity contribution in [2.75, 3.05) is 6.16 Å². The SMILES string of the molecule is CC(C)(C)OC(=O)CP(=O)(C(=O)c1c(Cl)cccc1Cl)c1ccccc1. The molecule has 1 atom stereocenters. The molecule has 26 heavy (non-hydrogen) atoms. The monoisotopic (exact) mass is 412 g/mol. The Morgan fingerprint density at radius 2 is 1.50 bits per heavy atom. The maximum absolute atomic E-state index is 13.7. The average Bonchev–Trinajstić information content (AvgIpc) is 2.53. The van der Waals surface area contributed by atoms with Crippen LogP contribution in [-0.2, 0) is 14.1 Å². The highest BCUT2D eigenvalue weighted by Crippen LogP contribution is 2.50. The van der Waals surface area contributed by atoms with E-state index >= 15 is 0 Å². The minimum absolute atomic E-state index is 0.0495. The van der Waals surface area contributed by atoms with Crippen LogP contribution < -0.4 is 5.30 Å². The summed E-state index contributed by atoms with van der Waals surface area (Å²) < 4.78 is 19.0. The van der Waals surface area contributed by atoms with E-state index in [9.17, 15) is 14.2 Å². The summed E-state index contributed by atoms with van der Waals surface area (Å²) >= 11 is 12.2. The van der Waals surface area contributed by atoms with E-state index in [0.29, 0.717) is 0 Å². The summed E-state index contributed by atoms with van der Waals surface area (Å²) in [7, 11) is -3.86. The number of hydrogen-bond acceptors (Lipinski definition) is 4. The Hall–Kier alpha value is -1.61. The number of rotatable bonds is 5. The molecule has 2 aromatic carbocycles. The Morgan fingerprint density at radius 3 is 2.00 bits per heavy atom. The molecule has 0 radical (unpaired) electrons. The van der Waals surface area contributed by atoms with E-state index in [1.165, 1.54) is 12.1 Å². The van der Waals surface area contributed by atoms with Crippen LogP contribution in [0.15, 0.2) is 48.5 Å². The lowest BCUT2D eigenvalue weighted by Gasteiger charge is -2.23. The van der Waals surface area contributed by atoms with E-state index < -0.39 is 30.4 Å². The van der Waals surface area contributed by atoms with Gasteiger partial charge in [-0.1, -0.05) is 59.6 Å². The molecule has 0 N–H and O–H groups in total. The highest BCUT2D eigenvalue weighted by Gasteiger charge is 2.40. The van der Waals surface area contributed by atoms with Crippen LogP contribution in [0, 0.1) is 0 Å². The van der Waals surface area contributed by atoms with Gasteiger partial charge < -0.3 is 9.30 Å². The first kappa shape index (κ1) is 20.7. The summed E-state index contributed by atoms with van der Waals surface area (Å²) in [5, 5.41) is 0.428. The van der Waals surface area contributed by atoms with E-state index in [2.05, 4.69) is 0 Å². The number of ether oxygens (including phenoxy) is 1. The average molecular weight is 413 g/mol. The van der Waals surface area contributed by atoms with E-state index in [-0.39, 0.29) is 20.9 Å². The molecule has 2 rings (SSSR count). The van der Waals surface area contributed by atoms with Crippen LogP contribution >= 0.6 is 30.3 Å². The number of esters is 1. The van der Waals surface area contributed by atoms with Gasteiger partial charge in [0, 0.05) is 5.30 Å². The van der Waals surface area contributed by atoms with Crippen LogP contribution in [0.4, 0.5) is 0 Å². The summed E-state index contributed by atoms with van der Waals surface area (Å²) in [5.41, 5.74) is -1.57. The van der Waals surface area contributed by atoms with Crippen molar-refractivity contribution in [3.63, 3.8) is 0 Å². The normalized spacial score (nSPS) is 13.7. The summed E-state index contributed by atoms with van der Waals surface area (Å²) in [6, 6.07) is 12.7. The van der Waals surface area contributed by atoms with Crippen molar-refractivity contribution >= 4 is 47.1 Å². The lowest BCUT2D eigenvalue weighted by atomic mass is 10.2. The Kier molecular flexibility index (Phi) is 6.33. The second kappa shape index (κ2) is 7.96. The highest BCUT2D eigenvalue weighted by atomic mass is 35.5. The largest absolute Gasteiger partial charge is 0.460 e. The molecule has 0 saturated heterocycles. The standard InChI is InChI=1S/C19H19Cl2O4P/c1-19(2,3)25-16(22)12-26(24,13-8-5-4-6-9-13)18(23)17-14(20)10-7-11-15(17)21/h4-11H,12H2,1-3H3. The van der Waals surface area contributed by atoms with Crippen molar-refractivity contribution in [3.8, 4) is 0 Å². The van der Waals surface area contributed by atoms with Gasteiger partial charge in [0.05, 0.1) is 15.6 Å². The summed E-state index contributed by atoms with van der Waals surface area (Å²) in [6.07, 6.45) is -0.561. The zero-order chi connectivity index (χ0) is 19.5. The van der Waals surface area contributed by atoms with Gasteiger partial charge in [0.15, 0.2) is 7.14 Å². The lowest BCUT2D eigenvalue weighted by molar-refractivity contribution is -0.151. The maximum Gasteiger partial charge on any atom is 0.314 e. The Balaban J connectivity index is 2.53. The van der Waals surface area contributed by atoms with Crippen molar-refractivity contribution in [1.82, 2.24) is 0 Å². The van der Waals surface area contributed by atoms with E-state index in [1.807, 2.05) is 0 Å². The maximum atomic E-state index is 13.7. The number of benzene rings is 2. The molecule has 138 valence electrons. The molecule has 0 aromatic heterocycles. The van der Waals surface area contributed by atoms with Gasteiger partial charge in [0.1, 0.15) is 11.8 Å². The molecule has 2 aromatic rings. The van der Waals surface area contributed by atoms with Crippen LogP contribution in [0.5, 0.6) is 0 Å². The second-order valence-electron chi connectivity index (χ2n) is 6.72. The zero-order valence-corrected chi connectivity index (χ0v) is 17.1. The van der Waals surface area contributed by atoms with Gasteiger partial charge in [-0.15, -0.1) is 0 Å². The quantitative estimate of drug-likeness (QED) is 0.502. The fourth-order valence-corrected chi connectivity index (χ4v) is 5.33. The molecule has 7 heteroatoms. The van der Waals surface area contributed by atoms with E-state index in [1.54, 1.807) is 57.2 Å². The van der Waals surface area contributed by atoms with E-state index in [4.69, 9.17) is 27.9 Å². The molecule has 0 aliphatic carbocycles. The van der Waals surface area contributed by atoms with Crippen LogP contribution in [-0.4, -0.2) is 23.3 Å². The van der Waals surface area contributed by atoms with Gasteiger partial charge in [-0.3, -0.25) is 9.59 Å². The van der Waals surface area contributed by atoms with E-state index in [0.717, 1.165) is 0 Å². The summed E-state index contributed by atoms with van der Waals surface area (Å²) in [5.74, 6) is -0.721. The minimum atomic E-state index is -3.86. The van der Waals surface area contributed by atoms with Crippen LogP contribution in [0.2, 0.25) is 10.0 Å². The van der Waals surface area contributed by atoms with Gasteiger partial charge in [0.25, 0.3) is 0 Å². The number of halogens is 2. The van der Waals surface area contributed by atoms with Gasteiger partial charge >= 0.3 is 5.97 Å². The fourth-order valence-electron chi connectivity index (χ4n) is 2.39. The number of carbonyl (C=O) groups is 2. The molecule has 0 aliphatic rings.